The summed E-state index contributed by atoms with van der Waals surface area (Å²) in [7, 11) is 0. The molecule has 0 amide bonds. The molecule has 14 heavy (non-hydrogen) atoms. The predicted octanol–water partition coefficient (Wildman–Crippen LogP) is 1.47. The predicted molar refractivity (Wildman–Crippen MR) is 63.9 cm³/mol. The fourth-order valence-electron chi connectivity index (χ4n) is 2.42. The van der Waals surface area contributed by atoms with E-state index in [4.69, 9.17) is 0 Å². The van der Waals surface area contributed by atoms with E-state index in [-0.39, 0.29) is 0 Å². The lowest BCUT2D eigenvalue weighted by molar-refractivity contribution is 0.280. The SMILES string of the molecule is CC1CSCC1NC1CCCNC1C. The van der Waals surface area contributed by atoms with Gasteiger partial charge in [-0.1, -0.05) is 6.92 Å². The van der Waals surface area contributed by atoms with Crippen LogP contribution >= 0.6 is 11.8 Å². The highest BCUT2D eigenvalue weighted by Crippen LogP contribution is 2.24. The van der Waals surface area contributed by atoms with Crippen LogP contribution in [0.5, 0.6) is 0 Å². The largest absolute Gasteiger partial charge is 0.313 e. The minimum absolute atomic E-state index is 0.654. The summed E-state index contributed by atoms with van der Waals surface area (Å²) in [6.45, 7) is 5.89. The van der Waals surface area contributed by atoms with Crippen molar-refractivity contribution in [2.75, 3.05) is 18.1 Å². The third-order valence-electron chi connectivity index (χ3n) is 3.55. The minimum atomic E-state index is 0.654. The Morgan fingerprint density at radius 3 is 2.71 bits per heavy atom. The molecule has 2 heterocycles. The van der Waals surface area contributed by atoms with Gasteiger partial charge in [0.2, 0.25) is 0 Å². The van der Waals surface area contributed by atoms with Gasteiger partial charge in [-0.2, -0.15) is 11.8 Å². The molecule has 4 unspecified atom stereocenters. The van der Waals surface area contributed by atoms with Gasteiger partial charge in [-0.15, -0.1) is 0 Å². The van der Waals surface area contributed by atoms with Crippen molar-refractivity contribution in [1.29, 1.82) is 0 Å². The van der Waals surface area contributed by atoms with Crippen molar-refractivity contribution < 1.29 is 0 Å². The molecule has 0 aliphatic carbocycles. The fourth-order valence-corrected chi connectivity index (χ4v) is 3.84. The highest BCUT2D eigenvalue weighted by Gasteiger charge is 2.29. The lowest BCUT2D eigenvalue weighted by atomic mass is 9.97. The number of thioether (sulfide) groups is 1. The first-order valence-electron chi connectivity index (χ1n) is 5.84. The van der Waals surface area contributed by atoms with Crippen molar-refractivity contribution in [3.63, 3.8) is 0 Å². The van der Waals surface area contributed by atoms with Crippen molar-refractivity contribution >= 4 is 11.8 Å². The summed E-state index contributed by atoms with van der Waals surface area (Å²) in [6.07, 6.45) is 2.68. The Morgan fingerprint density at radius 2 is 2.07 bits per heavy atom. The summed E-state index contributed by atoms with van der Waals surface area (Å²) >= 11 is 2.10. The van der Waals surface area contributed by atoms with Crippen molar-refractivity contribution in [1.82, 2.24) is 10.6 Å². The standard InChI is InChI=1S/C11H22N2S/c1-8-6-14-7-11(8)13-10-4-3-5-12-9(10)2/h8-13H,3-7H2,1-2H3. The summed E-state index contributed by atoms with van der Waals surface area (Å²) in [4.78, 5) is 0. The molecular formula is C11H22N2S. The van der Waals surface area contributed by atoms with Gasteiger partial charge in [-0.25, -0.2) is 0 Å². The Kier molecular flexibility index (Phi) is 3.74. The average molecular weight is 214 g/mol. The highest BCUT2D eigenvalue weighted by atomic mass is 32.2. The smallest absolute Gasteiger partial charge is 0.0222 e. The number of hydrogen-bond donors (Lipinski definition) is 2. The van der Waals surface area contributed by atoms with Gasteiger partial charge in [-0.3, -0.25) is 0 Å². The number of hydrogen-bond acceptors (Lipinski definition) is 3. The molecule has 82 valence electrons. The summed E-state index contributed by atoms with van der Waals surface area (Å²) in [6, 6.07) is 2.11. The third kappa shape index (κ3) is 2.44. The maximum atomic E-state index is 3.83. The Bertz CT molecular complexity index is 186. The van der Waals surface area contributed by atoms with E-state index >= 15 is 0 Å². The van der Waals surface area contributed by atoms with E-state index in [1.165, 1.54) is 30.9 Å². The second kappa shape index (κ2) is 4.86. The van der Waals surface area contributed by atoms with Gasteiger partial charge in [0.1, 0.15) is 0 Å². The topological polar surface area (TPSA) is 24.1 Å². The number of piperidine rings is 1. The van der Waals surface area contributed by atoms with Gasteiger partial charge < -0.3 is 10.6 Å². The van der Waals surface area contributed by atoms with Crippen molar-refractivity contribution in [2.24, 2.45) is 5.92 Å². The first-order valence-corrected chi connectivity index (χ1v) is 7.00. The van der Waals surface area contributed by atoms with Crippen LogP contribution in [-0.2, 0) is 0 Å². The van der Waals surface area contributed by atoms with E-state index in [0.29, 0.717) is 12.1 Å². The molecule has 2 aliphatic heterocycles. The van der Waals surface area contributed by atoms with Crippen LogP contribution in [0.15, 0.2) is 0 Å². The van der Waals surface area contributed by atoms with Crippen LogP contribution < -0.4 is 10.6 Å². The molecule has 3 heteroatoms. The van der Waals surface area contributed by atoms with Gasteiger partial charge in [0.15, 0.2) is 0 Å². The van der Waals surface area contributed by atoms with Crippen LogP contribution in [0.3, 0.4) is 0 Å². The van der Waals surface area contributed by atoms with Crippen LogP contribution in [0.1, 0.15) is 26.7 Å². The molecule has 2 N–H and O–H groups in total. The van der Waals surface area contributed by atoms with Crippen LogP contribution in [0, 0.1) is 5.92 Å². The molecule has 0 aromatic carbocycles. The zero-order valence-electron chi connectivity index (χ0n) is 9.25. The average Bonchev–Trinajstić information content (AvgIpc) is 2.56. The molecule has 0 spiro atoms. The first kappa shape index (κ1) is 10.8. The molecule has 4 atom stereocenters. The molecule has 2 saturated heterocycles. The highest BCUT2D eigenvalue weighted by molar-refractivity contribution is 7.99. The monoisotopic (exact) mass is 214 g/mol. The maximum absolute atomic E-state index is 3.83. The van der Waals surface area contributed by atoms with E-state index in [2.05, 4.69) is 36.2 Å². The molecule has 2 fully saturated rings. The Hall–Kier alpha value is 0.270. The van der Waals surface area contributed by atoms with E-state index in [1.807, 2.05) is 0 Å². The first-order chi connectivity index (χ1) is 6.77. The molecule has 2 rings (SSSR count). The molecule has 0 bridgehead atoms. The third-order valence-corrected chi connectivity index (χ3v) is 4.91. The zero-order valence-corrected chi connectivity index (χ0v) is 10.1. The van der Waals surface area contributed by atoms with Gasteiger partial charge in [-0.05, 0) is 38.0 Å². The van der Waals surface area contributed by atoms with Crippen molar-refractivity contribution in [3.8, 4) is 0 Å². The summed E-state index contributed by atoms with van der Waals surface area (Å²) in [5.41, 5.74) is 0. The van der Waals surface area contributed by atoms with E-state index in [1.54, 1.807) is 0 Å². The van der Waals surface area contributed by atoms with Crippen molar-refractivity contribution in [2.45, 2.75) is 44.8 Å². The van der Waals surface area contributed by atoms with Gasteiger partial charge in [0.05, 0.1) is 0 Å². The molecule has 2 aliphatic rings. The summed E-state index contributed by atoms with van der Waals surface area (Å²) < 4.78 is 0. The molecule has 0 radical (unpaired) electrons. The second-order valence-corrected chi connectivity index (χ2v) is 5.85. The molecule has 0 aromatic rings. The number of rotatable bonds is 2. The van der Waals surface area contributed by atoms with E-state index in [0.717, 1.165) is 12.0 Å². The molecule has 0 saturated carbocycles. The van der Waals surface area contributed by atoms with E-state index < -0.39 is 0 Å². The molecule has 2 nitrogen and oxygen atoms in total. The lowest BCUT2D eigenvalue weighted by Crippen LogP contribution is -2.54. The van der Waals surface area contributed by atoms with Crippen LogP contribution in [0.2, 0.25) is 0 Å². The molecular weight excluding hydrogens is 192 g/mol. The molecule has 0 aromatic heterocycles. The second-order valence-electron chi connectivity index (χ2n) is 4.78. The Balaban J connectivity index is 1.83. The van der Waals surface area contributed by atoms with Crippen LogP contribution in [0.25, 0.3) is 0 Å². The van der Waals surface area contributed by atoms with Gasteiger partial charge >= 0.3 is 0 Å². The van der Waals surface area contributed by atoms with Gasteiger partial charge in [0, 0.05) is 23.9 Å². The van der Waals surface area contributed by atoms with Crippen LogP contribution in [-0.4, -0.2) is 36.2 Å². The number of nitrogens with one attached hydrogen (secondary N) is 2. The summed E-state index contributed by atoms with van der Waals surface area (Å²) in [5, 5.41) is 7.39. The Labute approximate surface area is 91.6 Å². The fraction of sp³-hybridized carbons (Fsp3) is 1.00. The normalized spacial score (nSPS) is 44.1. The van der Waals surface area contributed by atoms with Crippen LogP contribution in [0.4, 0.5) is 0 Å². The quantitative estimate of drug-likeness (QED) is 0.728. The van der Waals surface area contributed by atoms with Gasteiger partial charge in [0.25, 0.3) is 0 Å². The maximum Gasteiger partial charge on any atom is 0.0222 e. The summed E-state index contributed by atoms with van der Waals surface area (Å²) in [5.74, 6) is 3.51. The van der Waals surface area contributed by atoms with Crippen molar-refractivity contribution in [3.05, 3.63) is 0 Å². The Morgan fingerprint density at radius 1 is 1.21 bits per heavy atom. The lowest BCUT2D eigenvalue weighted by Gasteiger charge is -2.34. The zero-order chi connectivity index (χ0) is 9.97. The van der Waals surface area contributed by atoms with E-state index in [9.17, 15) is 0 Å². The minimum Gasteiger partial charge on any atom is -0.313 e.